The molecule has 0 N–H and O–H groups in total. The average Bonchev–Trinajstić information content (AvgIpc) is 2.93. The zero-order chi connectivity index (χ0) is 23.9. The van der Waals surface area contributed by atoms with Crippen LogP contribution < -0.4 is 9.64 Å². The van der Waals surface area contributed by atoms with E-state index in [9.17, 15) is 5.26 Å². The molecule has 3 aromatic rings. The van der Waals surface area contributed by atoms with Gasteiger partial charge in [0.2, 0.25) is 0 Å². The van der Waals surface area contributed by atoms with Gasteiger partial charge in [0.1, 0.15) is 17.6 Å². The fraction of sp³-hybridized carbons (Fsp3) is 0.393. The van der Waals surface area contributed by atoms with Gasteiger partial charge in [0.25, 0.3) is 0 Å². The van der Waals surface area contributed by atoms with Crippen LogP contribution >= 0.6 is 0 Å². The second kappa shape index (κ2) is 11.3. The lowest BCUT2D eigenvalue weighted by Gasteiger charge is -2.28. The Morgan fingerprint density at radius 1 is 0.971 bits per heavy atom. The number of aromatic nitrogens is 2. The first-order valence-electron chi connectivity index (χ1n) is 12.3. The van der Waals surface area contributed by atoms with Crippen LogP contribution in [0.1, 0.15) is 29.8 Å². The number of nitrogens with zero attached hydrogens (tertiary/aromatic N) is 4. The van der Waals surface area contributed by atoms with Gasteiger partial charge >= 0.3 is 0 Å². The maximum absolute atomic E-state index is 9.70. The molecule has 2 aromatic carbocycles. The van der Waals surface area contributed by atoms with Crippen LogP contribution in [0, 0.1) is 17.2 Å². The lowest BCUT2D eigenvalue weighted by Crippen LogP contribution is -2.36. The Morgan fingerprint density at radius 2 is 1.74 bits per heavy atom. The molecule has 2 aliphatic rings. The average molecular weight is 471 g/mol. The summed E-state index contributed by atoms with van der Waals surface area (Å²) in [6.45, 7) is 5.58. The highest BCUT2D eigenvalue weighted by molar-refractivity contribution is 5.64. The highest BCUT2D eigenvalue weighted by Crippen LogP contribution is 2.27. The minimum atomic E-state index is 0.474. The lowest BCUT2D eigenvalue weighted by atomic mass is 10.0. The lowest BCUT2D eigenvalue weighted by molar-refractivity contribution is 0.0497. The van der Waals surface area contributed by atoms with E-state index in [-0.39, 0.29) is 0 Å². The Kier molecular flexibility index (Phi) is 7.52. The molecule has 0 bridgehead atoms. The van der Waals surface area contributed by atoms with Crippen LogP contribution in [0.15, 0.2) is 54.7 Å². The number of rotatable bonds is 7. The highest BCUT2D eigenvalue weighted by Gasteiger charge is 2.16. The predicted molar refractivity (Wildman–Crippen MR) is 134 cm³/mol. The monoisotopic (exact) mass is 470 g/mol. The number of hydrogen-bond acceptors (Lipinski definition) is 7. The molecule has 0 spiro atoms. The summed E-state index contributed by atoms with van der Waals surface area (Å²) >= 11 is 0. The van der Waals surface area contributed by atoms with Gasteiger partial charge in [0, 0.05) is 50.2 Å². The van der Waals surface area contributed by atoms with Crippen LogP contribution in [0.2, 0.25) is 0 Å². The molecule has 7 nitrogen and oxygen atoms in total. The summed E-state index contributed by atoms with van der Waals surface area (Å²) in [5.74, 6) is 1.85. The summed E-state index contributed by atoms with van der Waals surface area (Å²) in [6, 6.07) is 18.4. The maximum Gasteiger partial charge on any atom is 0.137 e. The third-order valence-corrected chi connectivity index (χ3v) is 6.59. The number of ether oxygens (including phenoxy) is 3. The van der Waals surface area contributed by atoms with Crippen LogP contribution in [-0.2, 0) is 15.9 Å². The molecule has 7 heteroatoms. The molecule has 3 heterocycles. The van der Waals surface area contributed by atoms with Crippen LogP contribution in [0.3, 0.4) is 0 Å². The van der Waals surface area contributed by atoms with Gasteiger partial charge in [0.15, 0.2) is 0 Å². The summed E-state index contributed by atoms with van der Waals surface area (Å²) in [5, 5.41) is 9.70. The van der Waals surface area contributed by atoms with E-state index in [0.29, 0.717) is 30.3 Å². The van der Waals surface area contributed by atoms with Gasteiger partial charge in [-0.2, -0.15) is 5.26 Å². The number of morpholine rings is 1. The SMILES string of the molecule is N#Cc1cc(-c2ccnc(Cc3ccc(N4CCOCC4)cc3)n2)ccc1OCC1CCOCC1. The van der Waals surface area contributed by atoms with Gasteiger partial charge in [-0.1, -0.05) is 12.1 Å². The standard InChI is InChI=1S/C28H30N4O3/c29-19-24-18-23(3-6-27(24)35-20-22-8-13-33-14-9-22)26-7-10-30-28(31-26)17-21-1-4-25(5-2-21)32-11-15-34-16-12-32/h1-7,10,18,22H,8-9,11-17,20H2. The number of anilines is 1. The molecule has 0 radical (unpaired) electrons. The summed E-state index contributed by atoms with van der Waals surface area (Å²) in [5.41, 5.74) is 4.58. The number of nitriles is 1. The van der Waals surface area contributed by atoms with Crippen molar-refractivity contribution in [2.45, 2.75) is 19.3 Å². The van der Waals surface area contributed by atoms with Crippen molar-refractivity contribution in [2.75, 3.05) is 51.0 Å². The third kappa shape index (κ3) is 5.97. The van der Waals surface area contributed by atoms with Crippen molar-refractivity contribution < 1.29 is 14.2 Å². The Morgan fingerprint density at radius 3 is 2.51 bits per heavy atom. The van der Waals surface area contributed by atoms with E-state index >= 15 is 0 Å². The van der Waals surface area contributed by atoms with E-state index in [1.54, 1.807) is 6.20 Å². The van der Waals surface area contributed by atoms with Gasteiger partial charge in [-0.25, -0.2) is 9.97 Å². The molecule has 0 amide bonds. The van der Waals surface area contributed by atoms with Crippen LogP contribution in [0.4, 0.5) is 5.69 Å². The van der Waals surface area contributed by atoms with E-state index in [1.165, 1.54) is 5.69 Å². The fourth-order valence-electron chi connectivity index (χ4n) is 4.50. The van der Waals surface area contributed by atoms with E-state index in [4.69, 9.17) is 19.2 Å². The van der Waals surface area contributed by atoms with Crippen LogP contribution in [-0.4, -0.2) is 56.1 Å². The third-order valence-electron chi connectivity index (χ3n) is 6.59. The zero-order valence-corrected chi connectivity index (χ0v) is 19.9. The largest absolute Gasteiger partial charge is 0.492 e. The van der Waals surface area contributed by atoms with E-state index < -0.39 is 0 Å². The molecule has 2 saturated heterocycles. The molecule has 1 aromatic heterocycles. The van der Waals surface area contributed by atoms with Crippen molar-refractivity contribution in [3.05, 3.63) is 71.7 Å². The quantitative estimate of drug-likeness (QED) is 0.511. The van der Waals surface area contributed by atoms with Crippen molar-refractivity contribution in [3.63, 3.8) is 0 Å². The molecule has 0 aliphatic carbocycles. The normalized spacial score (nSPS) is 16.6. The Labute approximate surface area is 206 Å². The highest BCUT2D eigenvalue weighted by atomic mass is 16.5. The Bertz CT molecular complexity index is 1160. The molecule has 5 rings (SSSR count). The molecule has 2 fully saturated rings. The van der Waals surface area contributed by atoms with Crippen molar-refractivity contribution in [1.29, 1.82) is 5.26 Å². The van der Waals surface area contributed by atoms with Crippen molar-refractivity contribution in [1.82, 2.24) is 9.97 Å². The van der Waals surface area contributed by atoms with Crippen molar-refractivity contribution in [3.8, 4) is 23.1 Å². The minimum absolute atomic E-state index is 0.474. The first-order chi connectivity index (χ1) is 17.3. The molecular formula is C28H30N4O3. The molecule has 0 unspecified atom stereocenters. The molecule has 0 atom stereocenters. The van der Waals surface area contributed by atoms with Crippen molar-refractivity contribution >= 4 is 5.69 Å². The van der Waals surface area contributed by atoms with E-state index in [0.717, 1.165) is 75.0 Å². The van der Waals surface area contributed by atoms with E-state index in [1.807, 2.05) is 24.3 Å². The maximum atomic E-state index is 9.70. The first-order valence-corrected chi connectivity index (χ1v) is 12.3. The smallest absolute Gasteiger partial charge is 0.137 e. The molecule has 2 aliphatic heterocycles. The second-order valence-electron chi connectivity index (χ2n) is 8.99. The van der Waals surface area contributed by atoms with Gasteiger partial charge in [0.05, 0.1) is 31.1 Å². The fourth-order valence-corrected chi connectivity index (χ4v) is 4.50. The van der Waals surface area contributed by atoms with Crippen molar-refractivity contribution in [2.24, 2.45) is 5.92 Å². The molecule has 35 heavy (non-hydrogen) atoms. The second-order valence-corrected chi connectivity index (χ2v) is 8.99. The molecule has 180 valence electrons. The van der Waals surface area contributed by atoms with Gasteiger partial charge in [-0.15, -0.1) is 0 Å². The van der Waals surface area contributed by atoms with Gasteiger partial charge in [-0.05, 0) is 60.7 Å². The first kappa shape index (κ1) is 23.3. The van der Waals surface area contributed by atoms with Gasteiger partial charge < -0.3 is 19.1 Å². The predicted octanol–water partition coefficient (Wildman–Crippen LogP) is 4.25. The number of hydrogen-bond donors (Lipinski definition) is 0. The Balaban J connectivity index is 1.26. The van der Waals surface area contributed by atoms with Crippen LogP contribution in [0.5, 0.6) is 5.75 Å². The Hall–Kier alpha value is -3.47. The molecule has 0 saturated carbocycles. The summed E-state index contributed by atoms with van der Waals surface area (Å²) in [6.07, 6.45) is 4.43. The zero-order valence-electron chi connectivity index (χ0n) is 19.9. The molecular weight excluding hydrogens is 440 g/mol. The summed E-state index contributed by atoms with van der Waals surface area (Å²) < 4.78 is 16.8. The topological polar surface area (TPSA) is 80.5 Å². The van der Waals surface area contributed by atoms with E-state index in [2.05, 4.69) is 40.2 Å². The minimum Gasteiger partial charge on any atom is -0.492 e. The summed E-state index contributed by atoms with van der Waals surface area (Å²) in [7, 11) is 0. The number of benzene rings is 2. The summed E-state index contributed by atoms with van der Waals surface area (Å²) in [4.78, 5) is 11.6. The van der Waals surface area contributed by atoms with Gasteiger partial charge in [-0.3, -0.25) is 0 Å². The van der Waals surface area contributed by atoms with Crippen LogP contribution in [0.25, 0.3) is 11.3 Å².